The van der Waals surface area contributed by atoms with Crippen LogP contribution < -0.4 is 16.4 Å². The maximum absolute atomic E-state index is 12.4. The van der Waals surface area contributed by atoms with Gasteiger partial charge < -0.3 is 16.4 Å². The second kappa shape index (κ2) is 12.1. The fourth-order valence-corrected chi connectivity index (χ4v) is 2.66. The van der Waals surface area contributed by atoms with Crippen LogP contribution in [0.15, 0.2) is 48.5 Å². The van der Waals surface area contributed by atoms with E-state index >= 15 is 0 Å². The molecule has 0 bridgehead atoms. The zero-order valence-electron chi connectivity index (χ0n) is 15.7. The minimum Gasteiger partial charge on any atom is -0.351 e. The third-order valence-electron chi connectivity index (χ3n) is 4.08. The average Bonchev–Trinajstić information content (AvgIpc) is 2.66. The predicted octanol–water partition coefficient (Wildman–Crippen LogP) is 3.32. The number of amides is 2. The fraction of sp³-hybridized carbons (Fsp3) is 0.333. The van der Waals surface area contributed by atoms with Crippen molar-refractivity contribution < 1.29 is 9.59 Å². The van der Waals surface area contributed by atoms with E-state index in [9.17, 15) is 9.59 Å². The van der Waals surface area contributed by atoms with E-state index in [1.54, 1.807) is 24.3 Å². The van der Waals surface area contributed by atoms with E-state index in [1.807, 2.05) is 12.1 Å². The minimum absolute atomic E-state index is 0. The minimum atomic E-state index is -0.244. The van der Waals surface area contributed by atoms with Crippen molar-refractivity contribution in [1.29, 1.82) is 0 Å². The molecule has 0 spiro atoms. The standard InChI is InChI=1S/C21H27N3O2.ClH/c1-2-3-6-16-9-11-17(12-10-16)15-20(25)24-19-8-5-4-7-18(19)21(26)23-14-13-22;/h4-5,7-12H,2-3,6,13-15,22H2,1H3,(H,23,26)(H,24,25);1H. The van der Waals surface area contributed by atoms with Crippen LogP contribution in [0.1, 0.15) is 41.3 Å². The van der Waals surface area contributed by atoms with Crippen LogP contribution in [0, 0.1) is 0 Å². The Labute approximate surface area is 167 Å². The number of hydrogen-bond donors (Lipinski definition) is 3. The lowest BCUT2D eigenvalue weighted by Crippen LogP contribution is -2.30. The first-order valence-corrected chi connectivity index (χ1v) is 9.09. The zero-order valence-corrected chi connectivity index (χ0v) is 16.5. The summed E-state index contributed by atoms with van der Waals surface area (Å²) in [6.07, 6.45) is 3.67. The first-order valence-electron chi connectivity index (χ1n) is 9.09. The number of carbonyl (C=O) groups excluding carboxylic acids is 2. The van der Waals surface area contributed by atoms with E-state index in [-0.39, 0.29) is 30.6 Å². The number of unbranched alkanes of at least 4 members (excludes halogenated alkanes) is 1. The molecule has 2 aromatic carbocycles. The summed E-state index contributed by atoms with van der Waals surface area (Å²) in [6.45, 7) is 2.94. The van der Waals surface area contributed by atoms with Gasteiger partial charge in [-0.1, -0.05) is 49.7 Å². The second-order valence-corrected chi connectivity index (χ2v) is 6.24. The molecule has 0 aliphatic rings. The number of carbonyl (C=O) groups is 2. The highest BCUT2D eigenvalue weighted by Crippen LogP contribution is 2.16. The van der Waals surface area contributed by atoms with Crippen molar-refractivity contribution in [3.05, 3.63) is 65.2 Å². The average molecular weight is 390 g/mol. The lowest BCUT2D eigenvalue weighted by Gasteiger charge is -2.11. The molecule has 0 atom stereocenters. The molecule has 2 aromatic rings. The van der Waals surface area contributed by atoms with Gasteiger partial charge in [-0.25, -0.2) is 0 Å². The van der Waals surface area contributed by atoms with E-state index < -0.39 is 0 Å². The molecule has 0 saturated heterocycles. The third kappa shape index (κ3) is 7.41. The number of anilines is 1. The van der Waals surface area contributed by atoms with Crippen LogP contribution in [-0.4, -0.2) is 24.9 Å². The van der Waals surface area contributed by atoms with Crippen LogP contribution in [0.4, 0.5) is 5.69 Å². The maximum Gasteiger partial charge on any atom is 0.253 e. The molecule has 0 aromatic heterocycles. The number of halogens is 1. The Kier molecular flexibility index (Phi) is 10.2. The van der Waals surface area contributed by atoms with Gasteiger partial charge in [-0.05, 0) is 36.1 Å². The summed E-state index contributed by atoms with van der Waals surface area (Å²) in [5, 5.41) is 5.55. The summed E-state index contributed by atoms with van der Waals surface area (Å²) in [4.78, 5) is 24.5. The van der Waals surface area contributed by atoms with Gasteiger partial charge in [-0.3, -0.25) is 9.59 Å². The molecular formula is C21H28ClN3O2. The van der Waals surface area contributed by atoms with Gasteiger partial charge in [-0.2, -0.15) is 0 Å². The summed E-state index contributed by atoms with van der Waals surface area (Å²) in [5.74, 6) is -0.392. The van der Waals surface area contributed by atoms with Crippen molar-refractivity contribution in [2.75, 3.05) is 18.4 Å². The van der Waals surface area contributed by atoms with Crippen molar-refractivity contribution in [3.8, 4) is 0 Å². The molecule has 0 heterocycles. The van der Waals surface area contributed by atoms with E-state index in [1.165, 1.54) is 18.4 Å². The highest BCUT2D eigenvalue weighted by molar-refractivity contribution is 6.04. The Bertz CT molecular complexity index is 732. The van der Waals surface area contributed by atoms with Crippen molar-refractivity contribution in [2.45, 2.75) is 32.6 Å². The van der Waals surface area contributed by atoms with Gasteiger partial charge in [0.05, 0.1) is 17.7 Å². The van der Waals surface area contributed by atoms with Gasteiger partial charge in [-0.15, -0.1) is 12.4 Å². The molecule has 0 unspecified atom stereocenters. The lowest BCUT2D eigenvalue weighted by molar-refractivity contribution is -0.115. The Hall–Kier alpha value is -2.37. The fourth-order valence-electron chi connectivity index (χ4n) is 2.66. The Morgan fingerprint density at radius 1 is 1.00 bits per heavy atom. The summed E-state index contributed by atoms with van der Waals surface area (Å²) >= 11 is 0. The molecule has 0 saturated carbocycles. The van der Waals surface area contributed by atoms with Crippen molar-refractivity contribution in [1.82, 2.24) is 5.32 Å². The predicted molar refractivity (Wildman–Crippen MR) is 112 cm³/mol. The van der Waals surface area contributed by atoms with E-state index in [0.717, 1.165) is 12.0 Å². The smallest absolute Gasteiger partial charge is 0.253 e. The maximum atomic E-state index is 12.4. The number of para-hydroxylation sites is 1. The normalized spacial score (nSPS) is 10.0. The monoisotopic (exact) mass is 389 g/mol. The number of aryl methyl sites for hydroxylation is 1. The topological polar surface area (TPSA) is 84.2 Å². The number of nitrogens with two attached hydrogens (primary N) is 1. The molecule has 6 heteroatoms. The molecule has 146 valence electrons. The summed E-state index contributed by atoms with van der Waals surface area (Å²) in [7, 11) is 0. The van der Waals surface area contributed by atoms with Gasteiger partial charge in [0, 0.05) is 13.1 Å². The largest absolute Gasteiger partial charge is 0.351 e. The highest BCUT2D eigenvalue weighted by atomic mass is 35.5. The highest BCUT2D eigenvalue weighted by Gasteiger charge is 2.12. The van der Waals surface area contributed by atoms with Gasteiger partial charge in [0.2, 0.25) is 5.91 Å². The first-order chi connectivity index (χ1) is 12.6. The third-order valence-corrected chi connectivity index (χ3v) is 4.08. The van der Waals surface area contributed by atoms with Gasteiger partial charge in [0.25, 0.3) is 5.91 Å². The van der Waals surface area contributed by atoms with Crippen LogP contribution in [0.5, 0.6) is 0 Å². The molecule has 2 amide bonds. The summed E-state index contributed by atoms with van der Waals surface area (Å²) in [5.41, 5.74) is 8.59. The molecule has 0 radical (unpaired) electrons. The molecule has 0 aliphatic carbocycles. The number of rotatable bonds is 9. The van der Waals surface area contributed by atoms with Crippen LogP contribution in [0.2, 0.25) is 0 Å². The number of benzene rings is 2. The van der Waals surface area contributed by atoms with Gasteiger partial charge in [0.1, 0.15) is 0 Å². The van der Waals surface area contributed by atoms with Crippen LogP contribution in [0.3, 0.4) is 0 Å². The SMILES string of the molecule is CCCCc1ccc(CC(=O)Nc2ccccc2C(=O)NCCN)cc1.Cl. The van der Waals surface area contributed by atoms with Crippen LogP contribution in [-0.2, 0) is 17.6 Å². The van der Waals surface area contributed by atoms with E-state index in [2.05, 4.69) is 29.7 Å². The van der Waals surface area contributed by atoms with E-state index in [0.29, 0.717) is 24.3 Å². The summed E-state index contributed by atoms with van der Waals surface area (Å²) in [6, 6.07) is 15.1. The van der Waals surface area contributed by atoms with E-state index in [4.69, 9.17) is 5.73 Å². The molecule has 27 heavy (non-hydrogen) atoms. The van der Waals surface area contributed by atoms with Gasteiger partial charge in [0.15, 0.2) is 0 Å². The van der Waals surface area contributed by atoms with Crippen molar-refractivity contribution in [3.63, 3.8) is 0 Å². The Morgan fingerprint density at radius 3 is 2.33 bits per heavy atom. The molecule has 0 fully saturated rings. The second-order valence-electron chi connectivity index (χ2n) is 6.24. The number of hydrogen-bond acceptors (Lipinski definition) is 3. The molecule has 5 nitrogen and oxygen atoms in total. The Balaban J connectivity index is 0.00000364. The quantitative estimate of drug-likeness (QED) is 0.615. The first kappa shape index (κ1) is 22.7. The van der Waals surface area contributed by atoms with Gasteiger partial charge >= 0.3 is 0 Å². The van der Waals surface area contributed by atoms with Crippen LogP contribution >= 0.6 is 12.4 Å². The molecule has 4 N–H and O–H groups in total. The van der Waals surface area contributed by atoms with Crippen molar-refractivity contribution >= 4 is 29.9 Å². The molecule has 0 aliphatic heterocycles. The number of nitrogens with one attached hydrogen (secondary N) is 2. The zero-order chi connectivity index (χ0) is 18.8. The Morgan fingerprint density at radius 2 is 1.67 bits per heavy atom. The molecule has 2 rings (SSSR count). The molecular weight excluding hydrogens is 362 g/mol. The van der Waals surface area contributed by atoms with Crippen molar-refractivity contribution in [2.24, 2.45) is 5.73 Å². The van der Waals surface area contributed by atoms with Crippen LogP contribution in [0.25, 0.3) is 0 Å². The summed E-state index contributed by atoms with van der Waals surface area (Å²) < 4.78 is 0. The lowest BCUT2D eigenvalue weighted by atomic mass is 10.0.